The van der Waals surface area contributed by atoms with Crippen molar-refractivity contribution in [2.45, 2.75) is 6.42 Å². The highest BCUT2D eigenvalue weighted by molar-refractivity contribution is 6.10. The summed E-state index contributed by atoms with van der Waals surface area (Å²) in [6.07, 6.45) is 10.5. The van der Waals surface area contributed by atoms with Gasteiger partial charge in [-0.1, -0.05) is 18.2 Å². The summed E-state index contributed by atoms with van der Waals surface area (Å²) in [6.45, 7) is 0.0443. The molecule has 0 aromatic heterocycles. The molecule has 2 rings (SSSR count). The summed E-state index contributed by atoms with van der Waals surface area (Å²) in [5.41, 5.74) is 0.393. The van der Waals surface area contributed by atoms with E-state index in [2.05, 4.69) is 5.32 Å². The van der Waals surface area contributed by atoms with E-state index in [0.29, 0.717) is 5.56 Å². The molecule has 3 amide bonds. The van der Waals surface area contributed by atoms with Gasteiger partial charge in [-0.25, -0.2) is 4.79 Å². The van der Waals surface area contributed by atoms with E-state index in [0.717, 1.165) is 4.90 Å². The predicted octanol–water partition coefficient (Wildman–Crippen LogP) is 2.12. The second-order valence-corrected chi connectivity index (χ2v) is 6.61. The van der Waals surface area contributed by atoms with Gasteiger partial charge in [-0.15, -0.1) is 12.8 Å². The van der Waals surface area contributed by atoms with Gasteiger partial charge in [-0.05, 0) is 30.4 Å². The molecular formula is C25H22N2O7. The van der Waals surface area contributed by atoms with Crippen LogP contribution in [0.5, 0.6) is 11.5 Å². The standard InChI is InChI=1S/C25H22N2O7/c1-5-22(28)26-19-16-20(32-3)21(15-18(19)25(31)33-4)34-14-10-13-27(23(29)6-2)24(30)17-11-8-7-9-12-17/h1-2,7-9,11-12,15-16H,10,13-14H2,3-4H3,(H,26,28). The Balaban J connectivity index is 2.17. The largest absolute Gasteiger partial charge is 0.493 e. The first kappa shape index (κ1) is 25.5. The van der Waals surface area contributed by atoms with Gasteiger partial charge in [0.15, 0.2) is 11.5 Å². The number of hydrogen-bond donors (Lipinski definition) is 1. The Bertz CT molecular complexity index is 1160. The van der Waals surface area contributed by atoms with Crippen molar-refractivity contribution in [1.29, 1.82) is 0 Å². The second-order valence-electron chi connectivity index (χ2n) is 6.61. The fraction of sp³-hybridized carbons (Fsp3) is 0.200. The molecule has 0 saturated heterocycles. The summed E-state index contributed by atoms with van der Waals surface area (Å²) < 4.78 is 15.7. The molecule has 1 N–H and O–H groups in total. The van der Waals surface area contributed by atoms with Crippen LogP contribution in [0.4, 0.5) is 5.69 Å². The summed E-state index contributed by atoms with van der Waals surface area (Å²) in [7, 11) is 2.55. The molecule has 2 aromatic carbocycles. The summed E-state index contributed by atoms with van der Waals surface area (Å²) in [5, 5.41) is 2.39. The third-order valence-electron chi connectivity index (χ3n) is 4.51. The smallest absolute Gasteiger partial charge is 0.340 e. The molecule has 0 radical (unpaired) electrons. The van der Waals surface area contributed by atoms with E-state index in [1.165, 1.54) is 26.4 Å². The van der Waals surface area contributed by atoms with E-state index in [-0.39, 0.29) is 42.3 Å². The maximum Gasteiger partial charge on any atom is 0.340 e. The van der Waals surface area contributed by atoms with Gasteiger partial charge in [-0.2, -0.15) is 0 Å². The zero-order valence-corrected chi connectivity index (χ0v) is 18.6. The van der Waals surface area contributed by atoms with Crippen LogP contribution in [-0.4, -0.2) is 56.0 Å². The number of rotatable bonds is 9. The third-order valence-corrected chi connectivity index (χ3v) is 4.51. The number of ether oxygens (including phenoxy) is 3. The van der Waals surface area contributed by atoms with Crippen molar-refractivity contribution in [3.63, 3.8) is 0 Å². The molecule has 0 aliphatic carbocycles. The SMILES string of the molecule is C#CC(=O)Nc1cc(OC)c(OCCCN(C(=O)C#C)C(=O)c2ccccc2)cc1C(=O)OC. The number of amides is 3. The maximum absolute atomic E-state index is 12.7. The summed E-state index contributed by atoms with van der Waals surface area (Å²) in [4.78, 5) is 49.5. The highest BCUT2D eigenvalue weighted by Crippen LogP contribution is 2.34. The maximum atomic E-state index is 12.7. The van der Waals surface area contributed by atoms with Crippen LogP contribution in [0, 0.1) is 24.7 Å². The molecule has 9 heteroatoms. The first-order valence-electron chi connectivity index (χ1n) is 9.94. The minimum Gasteiger partial charge on any atom is -0.493 e. The summed E-state index contributed by atoms with van der Waals surface area (Å²) >= 11 is 0. The minimum atomic E-state index is -0.770. The first-order valence-corrected chi connectivity index (χ1v) is 9.94. The van der Waals surface area contributed by atoms with Crippen LogP contribution < -0.4 is 14.8 Å². The van der Waals surface area contributed by atoms with Crippen molar-refractivity contribution in [3.8, 4) is 36.2 Å². The molecule has 0 saturated carbocycles. The number of hydrogen-bond acceptors (Lipinski definition) is 7. The molecule has 0 heterocycles. The number of benzene rings is 2. The van der Waals surface area contributed by atoms with E-state index in [4.69, 9.17) is 27.1 Å². The normalized spacial score (nSPS) is 9.65. The number of esters is 1. The zero-order valence-electron chi connectivity index (χ0n) is 18.6. The molecule has 174 valence electrons. The van der Waals surface area contributed by atoms with Crippen LogP contribution >= 0.6 is 0 Å². The predicted molar refractivity (Wildman–Crippen MR) is 123 cm³/mol. The van der Waals surface area contributed by atoms with Gasteiger partial charge in [0.1, 0.15) is 0 Å². The number of imide groups is 1. The number of carbonyl (C=O) groups is 4. The van der Waals surface area contributed by atoms with Crippen LogP contribution in [0.2, 0.25) is 0 Å². The van der Waals surface area contributed by atoms with Crippen molar-refractivity contribution in [3.05, 3.63) is 53.6 Å². The lowest BCUT2D eigenvalue weighted by Gasteiger charge is -2.19. The van der Waals surface area contributed by atoms with Gasteiger partial charge in [0.25, 0.3) is 11.8 Å². The Labute approximate surface area is 197 Å². The highest BCUT2D eigenvalue weighted by Gasteiger charge is 2.22. The summed E-state index contributed by atoms with van der Waals surface area (Å²) in [5.74, 6) is 1.42. The first-order chi connectivity index (χ1) is 16.4. The number of carbonyl (C=O) groups excluding carboxylic acids is 4. The van der Waals surface area contributed by atoms with Crippen molar-refractivity contribution in [2.75, 3.05) is 32.7 Å². The number of nitrogens with zero attached hydrogens (tertiary/aromatic N) is 1. The molecule has 2 aromatic rings. The van der Waals surface area contributed by atoms with E-state index >= 15 is 0 Å². The van der Waals surface area contributed by atoms with E-state index in [9.17, 15) is 19.2 Å². The Kier molecular flexibility index (Phi) is 9.24. The van der Waals surface area contributed by atoms with E-state index < -0.39 is 23.7 Å². The van der Waals surface area contributed by atoms with Gasteiger partial charge in [0, 0.05) is 24.2 Å². The lowest BCUT2D eigenvalue weighted by molar-refractivity contribution is -0.122. The Morgan fingerprint density at radius 2 is 1.71 bits per heavy atom. The van der Waals surface area contributed by atoms with Gasteiger partial charge >= 0.3 is 11.9 Å². The fourth-order valence-electron chi connectivity index (χ4n) is 2.89. The average molecular weight is 462 g/mol. The third kappa shape index (κ3) is 6.38. The van der Waals surface area contributed by atoms with Crippen molar-refractivity contribution in [1.82, 2.24) is 4.90 Å². The lowest BCUT2D eigenvalue weighted by atomic mass is 10.1. The van der Waals surface area contributed by atoms with Gasteiger partial charge in [0.05, 0.1) is 32.1 Å². The monoisotopic (exact) mass is 462 g/mol. The van der Waals surface area contributed by atoms with Crippen LogP contribution in [0.1, 0.15) is 27.1 Å². The number of methoxy groups -OCH3 is 2. The van der Waals surface area contributed by atoms with E-state index in [1.54, 1.807) is 30.3 Å². The molecule has 0 spiro atoms. The minimum absolute atomic E-state index is 0.000748. The molecule has 34 heavy (non-hydrogen) atoms. The fourth-order valence-corrected chi connectivity index (χ4v) is 2.89. The second kappa shape index (κ2) is 12.3. The molecule has 0 unspecified atom stereocenters. The number of anilines is 1. The average Bonchev–Trinajstić information content (AvgIpc) is 2.88. The van der Waals surface area contributed by atoms with Gasteiger partial charge in [-0.3, -0.25) is 19.3 Å². The topological polar surface area (TPSA) is 111 Å². The highest BCUT2D eigenvalue weighted by atomic mass is 16.5. The van der Waals surface area contributed by atoms with Crippen LogP contribution in [0.15, 0.2) is 42.5 Å². The Morgan fingerprint density at radius 1 is 1.00 bits per heavy atom. The summed E-state index contributed by atoms with van der Waals surface area (Å²) in [6, 6.07) is 11.0. The molecule has 0 fully saturated rings. The molecule has 0 aliphatic heterocycles. The molecule has 0 atom stereocenters. The van der Waals surface area contributed by atoms with Crippen LogP contribution in [0.3, 0.4) is 0 Å². The lowest BCUT2D eigenvalue weighted by Crippen LogP contribution is -2.37. The van der Waals surface area contributed by atoms with E-state index in [1.807, 2.05) is 11.8 Å². The Morgan fingerprint density at radius 3 is 2.29 bits per heavy atom. The quantitative estimate of drug-likeness (QED) is 0.345. The van der Waals surface area contributed by atoms with Crippen LogP contribution in [0.25, 0.3) is 0 Å². The van der Waals surface area contributed by atoms with Gasteiger partial charge in [0.2, 0.25) is 0 Å². The molecule has 0 bridgehead atoms. The van der Waals surface area contributed by atoms with Crippen LogP contribution in [-0.2, 0) is 14.3 Å². The number of terminal acetylenes is 2. The number of nitrogens with one attached hydrogen (secondary N) is 1. The zero-order chi connectivity index (χ0) is 25.1. The van der Waals surface area contributed by atoms with Gasteiger partial charge < -0.3 is 19.5 Å². The Hall–Kier alpha value is -4.76. The molecular weight excluding hydrogens is 440 g/mol. The molecule has 9 nitrogen and oxygen atoms in total. The van der Waals surface area contributed by atoms with Crippen molar-refractivity contribution >= 4 is 29.4 Å². The van der Waals surface area contributed by atoms with Crippen molar-refractivity contribution < 1.29 is 33.4 Å². The molecule has 0 aliphatic rings. The van der Waals surface area contributed by atoms with Crippen molar-refractivity contribution in [2.24, 2.45) is 0 Å².